The summed E-state index contributed by atoms with van der Waals surface area (Å²) in [7, 11) is 0. The number of hydrogen-bond donors (Lipinski definition) is 1. The number of amides is 1. The summed E-state index contributed by atoms with van der Waals surface area (Å²) in [6.45, 7) is 0.894. The highest BCUT2D eigenvalue weighted by Gasteiger charge is 2.50. The van der Waals surface area contributed by atoms with Gasteiger partial charge in [0.25, 0.3) is 0 Å². The summed E-state index contributed by atoms with van der Waals surface area (Å²) in [5.74, 6) is 3.13. The average Bonchev–Trinajstić information content (AvgIpc) is 2.71. The van der Waals surface area contributed by atoms with Gasteiger partial charge in [-0.25, -0.2) is 0 Å². The lowest BCUT2D eigenvalue weighted by Crippen LogP contribution is -2.51. The van der Waals surface area contributed by atoms with Gasteiger partial charge in [0.2, 0.25) is 5.91 Å². The molecule has 4 saturated carbocycles. The Morgan fingerprint density at radius 3 is 1.75 bits per heavy atom. The molecule has 0 aromatic heterocycles. The predicted molar refractivity (Wildman–Crippen MR) is 113 cm³/mol. The fourth-order valence-corrected chi connectivity index (χ4v) is 6.85. The van der Waals surface area contributed by atoms with Gasteiger partial charge in [-0.05, 0) is 72.8 Å². The van der Waals surface area contributed by atoms with Crippen molar-refractivity contribution in [1.82, 2.24) is 5.32 Å². The van der Waals surface area contributed by atoms with Gasteiger partial charge in [0.05, 0.1) is 0 Å². The molecular formula is C26H31NO. The lowest BCUT2D eigenvalue weighted by atomic mass is 9.49. The van der Waals surface area contributed by atoms with Crippen LogP contribution in [0.25, 0.3) is 0 Å². The van der Waals surface area contributed by atoms with Crippen molar-refractivity contribution in [3.8, 4) is 0 Å². The van der Waals surface area contributed by atoms with Gasteiger partial charge >= 0.3 is 0 Å². The molecule has 1 N–H and O–H groups in total. The van der Waals surface area contributed by atoms with E-state index in [2.05, 4.69) is 53.8 Å². The van der Waals surface area contributed by atoms with E-state index in [0.717, 1.165) is 24.3 Å². The Morgan fingerprint density at radius 2 is 1.29 bits per heavy atom. The normalized spacial score (nSPS) is 30.5. The molecule has 1 amide bonds. The molecule has 0 aliphatic heterocycles. The minimum atomic E-state index is 0.124. The zero-order chi connectivity index (χ0) is 19.0. The first kappa shape index (κ1) is 18.0. The molecular weight excluding hydrogens is 342 g/mol. The minimum Gasteiger partial charge on any atom is -0.356 e. The molecule has 4 aliphatic carbocycles. The lowest BCUT2D eigenvalue weighted by molar-refractivity contribution is -0.123. The van der Waals surface area contributed by atoms with Gasteiger partial charge in [0.1, 0.15) is 0 Å². The average molecular weight is 374 g/mol. The SMILES string of the molecule is O=C(CC(c1ccccc1)c1ccccc1)NCC12CC3CC(CC(C3)C1)C2. The molecule has 0 spiro atoms. The summed E-state index contributed by atoms with van der Waals surface area (Å²) >= 11 is 0. The van der Waals surface area contributed by atoms with Gasteiger partial charge in [-0.3, -0.25) is 4.79 Å². The van der Waals surface area contributed by atoms with Crippen LogP contribution in [0.4, 0.5) is 0 Å². The van der Waals surface area contributed by atoms with E-state index in [-0.39, 0.29) is 11.8 Å². The van der Waals surface area contributed by atoms with Crippen molar-refractivity contribution in [1.29, 1.82) is 0 Å². The van der Waals surface area contributed by atoms with Crippen molar-refractivity contribution >= 4 is 5.91 Å². The molecule has 0 saturated heterocycles. The van der Waals surface area contributed by atoms with Crippen LogP contribution in [0.1, 0.15) is 62.0 Å². The fraction of sp³-hybridized carbons (Fsp3) is 0.500. The summed E-state index contributed by atoms with van der Waals surface area (Å²) in [5, 5.41) is 3.37. The number of benzene rings is 2. The first-order valence-corrected chi connectivity index (χ1v) is 11.1. The Balaban J connectivity index is 1.27. The molecule has 2 nitrogen and oxygen atoms in total. The van der Waals surface area contributed by atoms with E-state index in [1.54, 1.807) is 0 Å². The van der Waals surface area contributed by atoms with E-state index >= 15 is 0 Å². The molecule has 4 bridgehead atoms. The molecule has 2 aromatic carbocycles. The highest BCUT2D eigenvalue weighted by atomic mass is 16.1. The van der Waals surface area contributed by atoms with Crippen LogP contribution in [0.3, 0.4) is 0 Å². The fourth-order valence-electron chi connectivity index (χ4n) is 6.85. The highest BCUT2D eigenvalue weighted by Crippen LogP contribution is 2.59. The largest absolute Gasteiger partial charge is 0.356 e. The van der Waals surface area contributed by atoms with Crippen molar-refractivity contribution in [2.24, 2.45) is 23.2 Å². The van der Waals surface area contributed by atoms with Crippen LogP contribution in [-0.4, -0.2) is 12.5 Å². The van der Waals surface area contributed by atoms with Crippen molar-refractivity contribution < 1.29 is 4.79 Å². The molecule has 0 radical (unpaired) electrons. The van der Waals surface area contributed by atoms with Crippen LogP contribution in [0.5, 0.6) is 0 Å². The van der Waals surface area contributed by atoms with Gasteiger partial charge in [0, 0.05) is 18.9 Å². The quantitative estimate of drug-likeness (QED) is 0.707. The third-order valence-electron chi connectivity index (χ3n) is 7.62. The molecule has 0 atom stereocenters. The maximum Gasteiger partial charge on any atom is 0.220 e. The predicted octanol–water partition coefficient (Wildman–Crippen LogP) is 5.54. The van der Waals surface area contributed by atoms with Crippen molar-refractivity contribution in [2.75, 3.05) is 6.54 Å². The summed E-state index contributed by atoms with van der Waals surface area (Å²) in [6.07, 6.45) is 8.94. The van der Waals surface area contributed by atoms with E-state index in [1.165, 1.54) is 49.7 Å². The number of nitrogens with one attached hydrogen (secondary N) is 1. The summed E-state index contributed by atoms with van der Waals surface area (Å²) in [5.41, 5.74) is 2.84. The standard InChI is InChI=1S/C26H31NO/c28-25(27-18-26-15-19-11-20(16-26)13-21(12-19)17-26)14-24(22-7-3-1-4-8-22)23-9-5-2-6-10-23/h1-10,19-21,24H,11-18H2,(H,27,28). The van der Waals surface area contributed by atoms with Crippen molar-refractivity contribution in [2.45, 2.75) is 50.9 Å². The third kappa shape index (κ3) is 3.62. The molecule has 0 heterocycles. The Morgan fingerprint density at radius 1 is 0.821 bits per heavy atom. The molecule has 0 unspecified atom stereocenters. The summed E-state index contributed by atoms with van der Waals surface area (Å²) in [6, 6.07) is 20.9. The van der Waals surface area contributed by atoms with Gasteiger partial charge in [-0.1, -0.05) is 60.7 Å². The summed E-state index contributed by atoms with van der Waals surface area (Å²) < 4.78 is 0. The molecule has 2 aromatic rings. The van der Waals surface area contributed by atoms with E-state index < -0.39 is 0 Å². The second-order valence-electron chi connectivity index (χ2n) is 9.77. The number of hydrogen-bond acceptors (Lipinski definition) is 1. The Labute approximate surface area is 168 Å². The van der Waals surface area contributed by atoms with Crippen LogP contribution in [-0.2, 0) is 4.79 Å². The van der Waals surface area contributed by atoms with Gasteiger partial charge in [-0.15, -0.1) is 0 Å². The molecule has 28 heavy (non-hydrogen) atoms. The van der Waals surface area contributed by atoms with Crippen LogP contribution in [0, 0.1) is 23.2 Å². The first-order valence-electron chi connectivity index (χ1n) is 11.1. The highest BCUT2D eigenvalue weighted by molar-refractivity contribution is 5.77. The molecule has 4 aliphatic rings. The molecule has 6 rings (SSSR count). The Hall–Kier alpha value is -2.09. The number of rotatable bonds is 6. The molecule has 146 valence electrons. The smallest absolute Gasteiger partial charge is 0.220 e. The molecule has 4 fully saturated rings. The van der Waals surface area contributed by atoms with Crippen LogP contribution in [0.15, 0.2) is 60.7 Å². The van der Waals surface area contributed by atoms with Crippen LogP contribution in [0.2, 0.25) is 0 Å². The Bertz CT molecular complexity index is 738. The van der Waals surface area contributed by atoms with Crippen LogP contribution < -0.4 is 5.32 Å². The van der Waals surface area contributed by atoms with Crippen LogP contribution >= 0.6 is 0 Å². The maximum atomic E-state index is 13.0. The summed E-state index contributed by atoms with van der Waals surface area (Å²) in [4.78, 5) is 13.0. The van der Waals surface area contributed by atoms with E-state index in [4.69, 9.17) is 0 Å². The first-order chi connectivity index (χ1) is 13.7. The lowest BCUT2D eigenvalue weighted by Gasteiger charge is -2.56. The molecule has 2 heteroatoms. The topological polar surface area (TPSA) is 29.1 Å². The van der Waals surface area contributed by atoms with E-state index in [9.17, 15) is 4.79 Å². The zero-order valence-corrected chi connectivity index (χ0v) is 16.6. The van der Waals surface area contributed by atoms with Gasteiger partial charge in [-0.2, -0.15) is 0 Å². The number of carbonyl (C=O) groups is 1. The zero-order valence-electron chi connectivity index (χ0n) is 16.6. The van der Waals surface area contributed by atoms with Crippen molar-refractivity contribution in [3.63, 3.8) is 0 Å². The van der Waals surface area contributed by atoms with Gasteiger partial charge in [0.15, 0.2) is 0 Å². The number of carbonyl (C=O) groups excluding carboxylic acids is 1. The Kier molecular flexibility index (Phi) is 4.74. The second-order valence-corrected chi connectivity index (χ2v) is 9.77. The second kappa shape index (κ2) is 7.39. The van der Waals surface area contributed by atoms with E-state index in [0.29, 0.717) is 11.8 Å². The monoisotopic (exact) mass is 373 g/mol. The third-order valence-corrected chi connectivity index (χ3v) is 7.62. The minimum absolute atomic E-state index is 0.124. The van der Waals surface area contributed by atoms with Gasteiger partial charge < -0.3 is 5.32 Å². The van der Waals surface area contributed by atoms with Crippen molar-refractivity contribution in [3.05, 3.63) is 71.8 Å². The maximum absolute atomic E-state index is 13.0. The van der Waals surface area contributed by atoms with E-state index in [1.807, 2.05) is 12.1 Å².